The number of hydrogen-bond donors (Lipinski definition) is 3. The maximum atomic E-state index is 14.5. The average molecular weight is 597 g/mol. The van der Waals surface area contributed by atoms with E-state index >= 15 is 0 Å². The number of hydrogen-bond acceptors (Lipinski definition) is 3. The van der Waals surface area contributed by atoms with Crippen LogP contribution in [0.5, 0.6) is 0 Å². The van der Waals surface area contributed by atoms with Crippen molar-refractivity contribution in [2.24, 2.45) is 0 Å². The van der Waals surface area contributed by atoms with E-state index in [1.165, 1.54) is 4.90 Å². The minimum absolute atomic E-state index is 0.0798. The largest absolute Gasteiger partial charge is 0.354 e. The monoisotopic (exact) mass is 596 g/mol. The predicted octanol–water partition coefficient (Wildman–Crippen LogP) is 7.68. The molecule has 7 nitrogen and oxygen atoms in total. The summed E-state index contributed by atoms with van der Waals surface area (Å²) >= 11 is 0. The predicted molar refractivity (Wildman–Crippen MR) is 185 cm³/mol. The van der Waals surface area contributed by atoms with E-state index in [4.69, 9.17) is 0 Å². The van der Waals surface area contributed by atoms with Crippen LogP contribution in [0.2, 0.25) is 0 Å². The third kappa shape index (κ3) is 3.49. The lowest BCUT2D eigenvalue weighted by molar-refractivity contribution is 0.0613. The van der Waals surface area contributed by atoms with Gasteiger partial charge in [-0.3, -0.25) is 19.3 Å². The number of nitrogens with one attached hydrogen (secondary N) is 3. The number of H-pyrrole nitrogens is 3. The number of amides is 2. The molecule has 0 radical (unpaired) electrons. The molecule has 0 spiro atoms. The van der Waals surface area contributed by atoms with E-state index in [2.05, 4.69) is 93.4 Å². The molecule has 4 heterocycles. The van der Waals surface area contributed by atoms with Crippen LogP contribution < -0.4 is 10.9 Å². The molecule has 1 aliphatic heterocycles. The van der Waals surface area contributed by atoms with E-state index in [9.17, 15) is 14.4 Å². The van der Waals surface area contributed by atoms with E-state index in [0.29, 0.717) is 61.9 Å². The topological polar surface area (TPSA) is 102 Å². The minimum atomic E-state index is -0.330. The Morgan fingerprint density at radius 2 is 1.13 bits per heavy atom. The molecule has 3 aromatic heterocycles. The highest BCUT2D eigenvalue weighted by Gasteiger charge is 2.39. The molecule has 0 atom stereocenters. The molecule has 0 saturated heterocycles. The zero-order valence-corrected chi connectivity index (χ0v) is 26.8. The Bertz CT molecular complexity index is 2430. The number of aromatic amines is 3. The number of benzene rings is 4. The molecule has 8 rings (SSSR count). The van der Waals surface area contributed by atoms with Crippen LogP contribution in [-0.4, -0.2) is 38.2 Å². The van der Waals surface area contributed by atoms with Crippen molar-refractivity contribution in [1.82, 2.24) is 19.9 Å². The SMILES string of the molecule is C=c1[nH]c(=O)c2c3[nH]c4cc(C(C)(C)C)ccc4c3c3c4c(c5c6ccc(C(C)(C)C)cc6[nH]c5c1c42)C(=O)N(CCC)C3=O. The Hall–Kier alpha value is -4.91. The quantitative estimate of drug-likeness (QED) is 0.178. The van der Waals surface area contributed by atoms with Crippen LogP contribution in [0.25, 0.3) is 71.7 Å². The van der Waals surface area contributed by atoms with Gasteiger partial charge >= 0.3 is 0 Å². The maximum Gasteiger partial charge on any atom is 0.262 e. The van der Waals surface area contributed by atoms with Gasteiger partial charge in [0.2, 0.25) is 0 Å². The zero-order chi connectivity index (χ0) is 31.9. The highest BCUT2D eigenvalue weighted by molar-refractivity contribution is 6.44. The van der Waals surface area contributed by atoms with Crippen molar-refractivity contribution in [2.45, 2.75) is 65.7 Å². The first kappa shape index (κ1) is 27.6. The molecule has 0 bridgehead atoms. The normalized spacial score (nSPS) is 14.5. The van der Waals surface area contributed by atoms with Crippen LogP contribution in [0.15, 0.2) is 41.2 Å². The van der Waals surface area contributed by atoms with Crippen LogP contribution in [0.4, 0.5) is 0 Å². The van der Waals surface area contributed by atoms with Gasteiger partial charge < -0.3 is 15.0 Å². The van der Waals surface area contributed by atoms with Crippen molar-refractivity contribution in [3.8, 4) is 0 Å². The number of rotatable bonds is 2. The van der Waals surface area contributed by atoms with Crippen LogP contribution in [-0.2, 0) is 10.8 Å². The molecule has 7 aromatic rings. The van der Waals surface area contributed by atoms with Crippen molar-refractivity contribution in [2.75, 3.05) is 6.54 Å². The maximum absolute atomic E-state index is 14.5. The van der Waals surface area contributed by atoms with Gasteiger partial charge in [-0.05, 0) is 40.5 Å². The fraction of sp³-hybridized carbons (Fsp3) is 0.289. The van der Waals surface area contributed by atoms with E-state index in [1.807, 2.05) is 13.0 Å². The van der Waals surface area contributed by atoms with Crippen LogP contribution >= 0.6 is 0 Å². The number of nitrogens with zero attached hydrogens (tertiary/aromatic N) is 1. The average Bonchev–Trinajstić information content (AvgIpc) is 3.53. The van der Waals surface area contributed by atoms with E-state index in [0.717, 1.165) is 43.8 Å². The number of carbonyl (C=O) groups is 2. The number of imide groups is 1. The lowest BCUT2D eigenvalue weighted by atomic mass is 9.83. The first-order valence-corrected chi connectivity index (χ1v) is 15.7. The summed E-state index contributed by atoms with van der Waals surface area (Å²) in [5.74, 6) is -0.660. The van der Waals surface area contributed by atoms with E-state index < -0.39 is 0 Å². The van der Waals surface area contributed by atoms with Gasteiger partial charge in [0.1, 0.15) is 0 Å². The van der Waals surface area contributed by atoms with E-state index in [1.54, 1.807) is 0 Å². The number of aromatic nitrogens is 3. The Morgan fingerprint density at radius 1 is 0.644 bits per heavy atom. The van der Waals surface area contributed by atoms with Gasteiger partial charge in [0, 0.05) is 60.6 Å². The Labute approximate surface area is 259 Å². The second-order valence-corrected chi connectivity index (χ2v) is 14.7. The summed E-state index contributed by atoms with van der Waals surface area (Å²) in [4.78, 5) is 54.6. The lowest BCUT2D eigenvalue weighted by Gasteiger charge is -2.29. The van der Waals surface area contributed by atoms with Crippen molar-refractivity contribution < 1.29 is 9.59 Å². The van der Waals surface area contributed by atoms with Crippen molar-refractivity contribution in [3.63, 3.8) is 0 Å². The summed E-state index contributed by atoms with van der Waals surface area (Å²) in [5, 5.41) is 5.91. The Balaban J connectivity index is 1.69. The van der Waals surface area contributed by atoms with Crippen LogP contribution in [0.3, 0.4) is 0 Å². The van der Waals surface area contributed by atoms with Gasteiger partial charge in [-0.15, -0.1) is 0 Å². The number of carbonyl (C=O) groups excluding carboxylic acids is 2. The standard InChI is InChI=1S/C38H36N4O3/c1-9-14-42-35(44)29-25-20-12-10-18(37(3,4)5)15-22(20)40-32(25)24-17(2)39-34(43)31-27(24)28(29)30(36(42)45)26-21-13-11-19(38(6,7)8)16-23(21)41-33(26)31/h10-13,15-16,40-41H,2,9,14H2,1,3-8H3,(H,39,43). The molecule has 2 amide bonds. The summed E-state index contributed by atoms with van der Waals surface area (Å²) in [6.07, 6.45) is 0.628. The summed E-state index contributed by atoms with van der Waals surface area (Å²) < 4.78 is 0. The van der Waals surface area contributed by atoms with Gasteiger partial charge in [-0.2, -0.15) is 0 Å². The second-order valence-electron chi connectivity index (χ2n) is 14.7. The third-order valence-electron chi connectivity index (χ3n) is 9.74. The molecule has 3 N–H and O–H groups in total. The fourth-order valence-corrected chi connectivity index (χ4v) is 7.48. The van der Waals surface area contributed by atoms with E-state index in [-0.39, 0.29) is 28.2 Å². The number of pyridine rings is 1. The van der Waals surface area contributed by atoms with Crippen LogP contribution in [0, 0.1) is 0 Å². The fourth-order valence-electron chi connectivity index (χ4n) is 7.48. The van der Waals surface area contributed by atoms with Crippen molar-refractivity contribution in [3.05, 3.63) is 74.4 Å². The molecule has 0 unspecified atom stereocenters. The molecule has 226 valence electrons. The highest BCUT2D eigenvalue weighted by Crippen LogP contribution is 2.47. The summed E-state index contributed by atoms with van der Waals surface area (Å²) in [7, 11) is 0. The van der Waals surface area contributed by atoms with Gasteiger partial charge in [0.15, 0.2) is 0 Å². The van der Waals surface area contributed by atoms with Gasteiger partial charge in [0.25, 0.3) is 17.4 Å². The molecular weight excluding hydrogens is 560 g/mol. The van der Waals surface area contributed by atoms with Gasteiger partial charge in [-0.25, -0.2) is 0 Å². The zero-order valence-electron chi connectivity index (χ0n) is 26.8. The molecule has 0 fully saturated rings. The highest BCUT2D eigenvalue weighted by atomic mass is 16.2. The van der Waals surface area contributed by atoms with Gasteiger partial charge in [-0.1, -0.05) is 79.3 Å². The number of fused-ring (bicyclic) bond motifs is 10. The second kappa shape index (κ2) is 8.62. The molecule has 1 aliphatic rings. The molecule has 45 heavy (non-hydrogen) atoms. The van der Waals surface area contributed by atoms with Crippen molar-refractivity contribution >= 4 is 83.5 Å². The third-order valence-corrected chi connectivity index (χ3v) is 9.74. The molecule has 7 heteroatoms. The smallest absolute Gasteiger partial charge is 0.262 e. The summed E-state index contributed by atoms with van der Waals surface area (Å²) in [6.45, 7) is 19.5. The first-order chi connectivity index (χ1) is 21.2. The molecule has 0 aliphatic carbocycles. The summed E-state index contributed by atoms with van der Waals surface area (Å²) in [6, 6.07) is 12.5. The Kier molecular flexibility index (Phi) is 5.29. The molecular formula is C38H36N4O3. The minimum Gasteiger partial charge on any atom is -0.354 e. The van der Waals surface area contributed by atoms with Gasteiger partial charge in [0.05, 0.1) is 27.5 Å². The van der Waals surface area contributed by atoms with Crippen LogP contribution in [0.1, 0.15) is 86.7 Å². The van der Waals surface area contributed by atoms with Crippen molar-refractivity contribution in [1.29, 1.82) is 0 Å². The molecule has 0 saturated carbocycles. The lowest BCUT2D eigenvalue weighted by Crippen LogP contribution is -2.41. The first-order valence-electron chi connectivity index (χ1n) is 15.7. The molecule has 4 aromatic carbocycles. The summed E-state index contributed by atoms with van der Waals surface area (Å²) in [5.41, 5.74) is 5.82. The Morgan fingerprint density at radius 3 is 1.60 bits per heavy atom.